The molecule has 1 aliphatic heterocycles. The van der Waals surface area contributed by atoms with Crippen LogP contribution >= 0.6 is 0 Å². The van der Waals surface area contributed by atoms with Gasteiger partial charge in [-0.05, 0) is 32.6 Å². The molecule has 0 aromatic heterocycles. The first-order valence-corrected chi connectivity index (χ1v) is 8.18. The topological polar surface area (TPSA) is 55.8 Å². The largest absolute Gasteiger partial charge is 0.466 e. The Morgan fingerprint density at radius 3 is 2.52 bits per heavy atom. The molecule has 5 heteroatoms. The van der Waals surface area contributed by atoms with Gasteiger partial charge in [0.2, 0.25) is 5.91 Å². The summed E-state index contributed by atoms with van der Waals surface area (Å²) in [4.78, 5) is 25.9. The number of ether oxygens (including phenoxy) is 2. The Hall–Kier alpha value is -1.10. The molecule has 1 amide bonds. The molecule has 1 unspecified atom stereocenters. The van der Waals surface area contributed by atoms with Gasteiger partial charge in [-0.15, -0.1) is 0 Å². The highest BCUT2D eigenvalue weighted by atomic mass is 16.5. The van der Waals surface area contributed by atoms with E-state index in [1.54, 1.807) is 11.8 Å². The molecule has 0 saturated carbocycles. The van der Waals surface area contributed by atoms with Crippen LogP contribution in [0.2, 0.25) is 0 Å². The van der Waals surface area contributed by atoms with Gasteiger partial charge in [-0.3, -0.25) is 9.59 Å². The quantitative estimate of drug-likeness (QED) is 0.613. The second kappa shape index (κ2) is 9.77. The Bertz CT molecular complexity index is 322. The summed E-state index contributed by atoms with van der Waals surface area (Å²) in [6, 6.07) is 0. The zero-order valence-corrected chi connectivity index (χ0v) is 13.6. The first kappa shape index (κ1) is 18.0. The SMILES string of the molecule is CCOC(=O)CCN(CC1CCCO1)C(=O)C(CC)CC. The number of rotatable bonds is 9. The maximum atomic E-state index is 12.6. The van der Waals surface area contributed by atoms with Gasteiger partial charge in [0.15, 0.2) is 0 Å². The molecule has 1 saturated heterocycles. The molecule has 122 valence electrons. The summed E-state index contributed by atoms with van der Waals surface area (Å²) in [5, 5.41) is 0. The van der Waals surface area contributed by atoms with Crippen LogP contribution < -0.4 is 0 Å². The van der Waals surface area contributed by atoms with E-state index in [1.165, 1.54) is 0 Å². The van der Waals surface area contributed by atoms with Crippen molar-refractivity contribution < 1.29 is 19.1 Å². The number of nitrogens with zero attached hydrogens (tertiary/aromatic N) is 1. The van der Waals surface area contributed by atoms with Crippen LogP contribution in [0.3, 0.4) is 0 Å². The molecule has 0 aromatic rings. The lowest BCUT2D eigenvalue weighted by atomic mass is 10.0. The summed E-state index contributed by atoms with van der Waals surface area (Å²) in [7, 11) is 0. The van der Waals surface area contributed by atoms with Crippen LogP contribution in [0.25, 0.3) is 0 Å². The first-order chi connectivity index (χ1) is 10.1. The third kappa shape index (κ3) is 6.04. The van der Waals surface area contributed by atoms with Crippen molar-refractivity contribution >= 4 is 11.9 Å². The molecular formula is C16H29NO4. The molecular weight excluding hydrogens is 270 g/mol. The Kier molecular flexibility index (Phi) is 8.35. The summed E-state index contributed by atoms with van der Waals surface area (Å²) in [6.07, 6.45) is 4.08. The van der Waals surface area contributed by atoms with Crippen LogP contribution in [-0.2, 0) is 19.1 Å². The van der Waals surface area contributed by atoms with Gasteiger partial charge in [0.1, 0.15) is 0 Å². The minimum Gasteiger partial charge on any atom is -0.466 e. The fourth-order valence-electron chi connectivity index (χ4n) is 2.68. The fraction of sp³-hybridized carbons (Fsp3) is 0.875. The van der Waals surface area contributed by atoms with Gasteiger partial charge in [-0.25, -0.2) is 0 Å². The Balaban J connectivity index is 2.59. The second-order valence-corrected chi connectivity index (χ2v) is 5.49. The van der Waals surface area contributed by atoms with E-state index in [0.29, 0.717) is 19.7 Å². The lowest BCUT2D eigenvalue weighted by Crippen LogP contribution is -2.42. The second-order valence-electron chi connectivity index (χ2n) is 5.49. The first-order valence-electron chi connectivity index (χ1n) is 8.18. The highest BCUT2D eigenvalue weighted by Gasteiger charge is 2.26. The molecule has 5 nitrogen and oxygen atoms in total. The van der Waals surface area contributed by atoms with Crippen LogP contribution in [-0.4, -0.2) is 49.2 Å². The predicted molar refractivity (Wildman–Crippen MR) is 80.9 cm³/mol. The molecule has 1 aliphatic rings. The third-order valence-corrected chi connectivity index (χ3v) is 3.99. The van der Waals surface area contributed by atoms with E-state index in [9.17, 15) is 9.59 Å². The molecule has 0 N–H and O–H groups in total. The number of hydrogen-bond donors (Lipinski definition) is 0. The maximum Gasteiger partial charge on any atom is 0.307 e. The summed E-state index contributed by atoms with van der Waals surface area (Å²) >= 11 is 0. The van der Waals surface area contributed by atoms with Gasteiger partial charge < -0.3 is 14.4 Å². The molecule has 0 spiro atoms. The molecule has 0 radical (unpaired) electrons. The van der Waals surface area contributed by atoms with Crippen molar-refractivity contribution in [2.75, 3.05) is 26.3 Å². The highest BCUT2D eigenvalue weighted by molar-refractivity contribution is 5.79. The van der Waals surface area contributed by atoms with E-state index in [1.807, 2.05) is 13.8 Å². The molecule has 1 atom stereocenters. The van der Waals surface area contributed by atoms with Gasteiger partial charge in [-0.2, -0.15) is 0 Å². The van der Waals surface area contributed by atoms with E-state index in [0.717, 1.165) is 32.3 Å². The van der Waals surface area contributed by atoms with Crippen molar-refractivity contribution in [1.82, 2.24) is 4.90 Å². The Morgan fingerprint density at radius 1 is 1.29 bits per heavy atom. The van der Waals surface area contributed by atoms with Crippen LogP contribution in [0.15, 0.2) is 0 Å². The van der Waals surface area contributed by atoms with E-state index in [-0.39, 0.29) is 30.3 Å². The summed E-state index contributed by atoms with van der Waals surface area (Å²) in [6.45, 7) is 8.02. The minimum absolute atomic E-state index is 0.0357. The average Bonchev–Trinajstić information content (AvgIpc) is 2.97. The van der Waals surface area contributed by atoms with E-state index < -0.39 is 0 Å². The van der Waals surface area contributed by atoms with Gasteiger partial charge >= 0.3 is 5.97 Å². The van der Waals surface area contributed by atoms with E-state index in [4.69, 9.17) is 9.47 Å². The van der Waals surface area contributed by atoms with E-state index >= 15 is 0 Å². The fourth-order valence-corrected chi connectivity index (χ4v) is 2.68. The van der Waals surface area contributed by atoms with Crippen molar-refractivity contribution in [2.45, 2.75) is 59.0 Å². The van der Waals surface area contributed by atoms with Crippen molar-refractivity contribution in [3.05, 3.63) is 0 Å². The van der Waals surface area contributed by atoms with Crippen molar-refractivity contribution in [1.29, 1.82) is 0 Å². The summed E-state index contributed by atoms with van der Waals surface area (Å²) in [5.41, 5.74) is 0. The number of carbonyl (C=O) groups is 2. The number of amides is 1. The van der Waals surface area contributed by atoms with Crippen LogP contribution in [0, 0.1) is 5.92 Å². The maximum absolute atomic E-state index is 12.6. The lowest BCUT2D eigenvalue weighted by molar-refractivity contribution is -0.145. The molecule has 1 heterocycles. The Morgan fingerprint density at radius 2 is 2.00 bits per heavy atom. The standard InChI is InChI=1S/C16H29NO4/c1-4-13(5-2)16(19)17(10-9-15(18)20-6-3)12-14-8-7-11-21-14/h13-14H,4-12H2,1-3H3. The smallest absolute Gasteiger partial charge is 0.307 e. The molecule has 0 bridgehead atoms. The monoisotopic (exact) mass is 299 g/mol. The number of carbonyl (C=O) groups excluding carboxylic acids is 2. The number of hydrogen-bond acceptors (Lipinski definition) is 4. The van der Waals surface area contributed by atoms with E-state index in [2.05, 4.69) is 0 Å². The van der Waals surface area contributed by atoms with Gasteiger partial charge in [0.25, 0.3) is 0 Å². The molecule has 0 aromatic carbocycles. The van der Waals surface area contributed by atoms with Gasteiger partial charge in [0.05, 0.1) is 19.1 Å². The predicted octanol–water partition coefficient (Wildman–Crippen LogP) is 2.38. The van der Waals surface area contributed by atoms with Gasteiger partial charge in [-0.1, -0.05) is 13.8 Å². The van der Waals surface area contributed by atoms with Crippen molar-refractivity contribution in [3.8, 4) is 0 Å². The molecule has 21 heavy (non-hydrogen) atoms. The minimum atomic E-state index is -0.243. The lowest BCUT2D eigenvalue weighted by Gasteiger charge is -2.28. The van der Waals surface area contributed by atoms with Crippen molar-refractivity contribution in [3.63, 3.8) is 0 Å². The summed E-state index contributed by atoms with van der Waals surface area (Å²) in [5.74, 6) is -0.0689. The zero-order valence-electron chi connectivity index (χ0n) is 13.6. The van der Waals surface area contributed by atoms with Crippen molar-refractivity contribution in [2.24, 2.45) is 5.92 Å². The summed E-state index contributed by atoms with van der Waals surface area (Å²) < 4.78 is 10.6. The van der Waals surface area contributed by atoms with Crippen LogP contribution in [0.5, 0.6) is 0 Å². The van der Waals surface area contributed by atoms with Gasteiger partial charge in [0, 0.05) is 25.6 Å². The number of esters is 1. The average molecular weight is 299 g/mol. The zero-order chi connectivity index (χ0) is 15.7. The normalized spacial score (nSPS) is 18.0. The molecule has 1 rings (SSSR count). The third-order valence-electron chi connectivity index (χ3n) is 3.99. The molecule has 1 fully saturated rings. The Labute approximate surface area is 128 Å². The van der Waals surface area contributed by atoms with Crippen LogP contribution in [0.1, 0.15) is 52.9 Å². The molecule has 0 aliphatic carbocycles. The highest BCUT2D eigenvalue weighted by Crippen LogP contribution is 2.17. The van der Waals surface area contributed by atoms with Crippen LogP contribution in [0.4, 0.5) is 0 Å².